The van der Waals surface area contributed by atoms with Crippen LogP contribution in [0.4, 0.5) is 0 Å². The summed E-state index contributed by atoms with van der Waals surface area (Å²) in [7, 11) is 0. The van der Waals surface area contributed by atoms with E-state index < -0.39 is 0 Å². The molecule has 0 spiro atoms. The molecule has 1 aromatic carbocycles. The van der Waals surface area contributed by atoms with E-state index in [1.807, 2.05) is 32.0 Å². The predicted octanol–water partition coefficient (Wildman–Crippen LogP) is 5.15. The molecule has 0 saturated carbocycles. The Hall–Kier alpha value is -1.13. The molecule has 0 fully saturated rings. The van der Waals surface area contributed by atoms with Gasteiger partial charge in [-0.2, -0.15) is 0 Å². The van der Waals surface area contributed by atoms with Crippen molar-refractivity contribution in [3.05, 3.63) is 45.3 Å². The molecular formula is C16H16BrClO3. The Morgan fingerprint density at radius 3 is 2.33 bits per heavy atom. The van der Waals surface area contributed by atoms with Crippen LogP contribution in [0.25, 0.3) is 0 Å². The van der Waals surface area contributed by atoms with Gasteiger partial charge in [-0.05, 0) is 37.6 Å². The molecule has 0 bridgehead atoms. The molecular weight excluding hydrogens is 356 g/mol. The van der Waals surface area contributed by atoms with Crippen LogP contribution in [0.15, 0.2) is 27.1 Å². The molecule has 3 nitrogen and oxygen atoms in total. The molecule has 112 valence electrons. The van der Waals surface area contributed by atoms with Gasteiger partial charge < -0.3 is 13.9 Å². The van der Waals surface area contributed by atoms with Gasteiger partial charge in [0.15, 0.2) is 11.5 Å². The number of ether oxygens (including phenoxy) is 2. The van der Waals surface area contributed by atoms with Gasteiger partial charge in [0.25, 0.3) is 0 Å². The first-order valence-corrected chi connectivity index (χ1v) is 8.09. The largest absolute Gasteiger partial charge is 0.490 e. The molecule has 0 N–H and O–H groups in total. The quantitative estimate of drug-likeness (QED) is 0.684. The maximum absolute atomic E-state index is 6.65. The summed E-state index contributed by atoms with van der Waals surface area (Å²) in [5.74, 6) is 3.20. The van der Waals surface area contributed by atoms with E-state index in [0.717, 1.165) is 45.0 Å². The topological polar surface area (TPSA) is 31.6 Å². The second kappa shape index (κ2) is 5.93. The van der Waals surface area contributed by atoms with Crippen molar-refractivity contribution in [3.63, 3.8) is 0 Å². The third-order valence-corrected chi connectivity index (χ3v) is 4.65. The maximum Gasteiger partial charge on any atom is 0.162 e. The van der Waals surface area contributed by atoms with Crippen LogP contribution in [-0.4, -0.2) is 13.2 Å². The van der Waals surface area contributed by atoms with E-state index in [0.29, 0.717) is 13.2 Å². The van der Waals surface area contributed by atoms with Crippen LogP contribution in [-0.2, 0) is 0 Å². The molecule has 0 aliphatic carbocycles. The van der Waals surface area contributed by atoms with Crippen LogP contribution in [0.5, 0.6) is 11.5 Å². The zero-order valence-electron chi connectivity index (χ0n) is 11.9. The van der Waals surface area contributed by atoms with E-state index in [4.69, 9.17) is 25.5 Å². The molecule has 3 rings (SSSR count). The normalized spacial score (nSPS) is 15.6. The van der Waals surface area contributed by atoms with Crippen LogP contribution >= 0.6 is 27.5 Å². The van der Waals surface area contributed by atoms with Gasteiger partial charge in [-0.15, -0.1) is 11.6 Å². The molecule has 5 heteroatoms. The number of benzene rings is 1. The number of furan rings is 1. The Kier molecular flexibility index (Phi) is 4.18. The Morgan fingerprint density at radius 1 is 1.05 bits per heavy atom. The number of fused-ring (bicyclic) bond motifs is 1. The van der Waals surface area contributed by atoms with Crippen molar-refractivity contribution in [2.75, 3.05) is 13.2 Å². The number of hydrogen-bond donors (Lipinski definition) is 0. The number of aryl methyl sites for hydroxylation is 2. The fourth-order valence-corrected chi connectivity index (χ4v) is 3.54. The third-order valence-electron chi connectivity index (χ3n) is 3.49. The molecule has 1 aromatic heterocycles. The second-order valence-corrected chi connectivity index (χ2v) is 6.39. The van der Waals surface area contributed by atoms with E-state index in [-0.39, 0.29) is 5.38 Å². The second-order valence-electron chi connectivity index (χ2n) is 5.10. The Morgan fingerprint density at radius 2 is 1.71 bits per heavy atom. The summed E-state index contributed by atoms with van der Waals surface area (Å²) in [5, 5.41) is -0.297. The van der Waals surface area contributed by atoms with Crippen molar-refractivity contribution in [1.82, 2.24) is 0 Å². The first-order chi connectivity index (χ1) is 10.1. The Balaban J connectivity index is 2.02. The number of alkyl halides is 1. The summed E-state index contributed by atoms with van der Waals surface area (Å²) in [6, 6.07) is 5.85. The lowest BCUT2D eigenvalue weighted by atomic mass is 10.0. The zero-order chi connectivity index (χ0) is 15.0. The molecule has 1 aliphatic rings. The molecule has 1 unspecified atom stereocenters. The highest BCUT2D eigenvalue weighted by Crippen LogP contribution is 2.42. The smallest absolute Gasteiger partial charge is 0.162 e. The van der Waals surface area contributed by atoms with Gasteiger partial charge in [0.1, 0.15) is 11.5 Å². The van der Waals surface area contributed by atoms with Crippen molar-refractivity contribution < 1.29 is 13.9 Å². The van der Waals surface area contributed by atoms with Gasteiger partial charge in [-0.25, -0.2) is 0 Å². The minimum atomic E-state index is -0.297. The average Bonchev–Trinajstić information content (AvgIpc) is 2.64. The first kappa shape index (κ1) is 14.8. The standard InChI is InChI=1S/C16H16BrClO3/c1-9-6-11(10(2)21-9)16(18)12-7-14-15(8-13(12)17)20-5-3-4-19-14/h6-8,16H,3-5H2,1-2H3. The molecule has 1 aliphatic heterocycles. The first-order valence-electron chi connectivity index (χ1n) is 6.86. The number of hydrogen-bond acceptors (Lipinski definition) is 3. The molecule has 0 radical (unpaired) electrons. The minimum Gasteiger partial charge on any atom is -0.490 e. The minimum absolute atomic E-state index is 0.297. The summed E-state index contributed by atoms with van der Waals surface area (Å²) in [6.07, 6.45) is 0.881. The maximum atomic E-state index is 6.65. The monoisotopic (exact) mass is 370 g/mol. The third kappa shape index (κ3) is 2.92. The lowest BCUT2D eigenvalue weighted by Gasteiger charge is -2.15. The van der Waals surface area contributed by atoms with Crippen molar-refractivity contribution in [2.24, 2.45) is 0 Å². The number of halogens is 2. The molecule has 2 aromatic rings. The summed E-state index contributed by atoms with van der Waals surface area (Å²) < 4.78 is 17.9. The van der Waals surface area contributed by atoms with Crippen LogP contribution in [0, 0.1) is 13.8 Å². The molecule has 1 atom stereocenters. The van der Waals surface area contributed by atoms with E-state index in [1.54, 1.807) is 0 Å². The molecule has 21 heavy (non-hydrogen) atoms. The Bertz CT molecular complexity index is 666. The fraction of sp³-hybridized carbons (Fsp3) is 0.375. The van der Waals surface area contributed by atoms with Crippen LogP contribution in [0.1, 0.15) is 34.4 Å². The van der Waals surface area contributed by atoms with E-state index in [1.165, 1.54) is 0 Å². The lowest BCUT2D eigenvalue weighted by molar-refractivity contribution is 0.297. The number of rotatable bonds is 2. The molecule has 0 saturated heterocycles. The average molecular weight is 372 g/mol. The van der Waals surface area contributed by atoms with Gasteiger partial charge in [0, 0.05) is 16.5 Å². The van der Waals surface area contributed by atoms with Crippen molar-refractivity contribution in [2.45, 2.75) is 25.6 Å². The summed E-state index contributed by atoms with van der Waals surface area (Å²) in [4.78, 5) is 0. The highest BCUT2D eigenvalue weighted by Gasteiger charge is 2.22. The van der Waals surface area contributed by atoms with Gasteiger partial charge in [0.2, 0.25) is 0 Å². The Labute approximate surface area is 137 Å². The van der Waals surface area contributed by atoms with Crippen LogP contribution < -0.4 is 9.47 Å². The molecule has 2 heterocycles. The van der Waals surface area contributed by atoms with Crippen molar-refractivity contribution >= 4 is 27.5 Å². The van der Waals surface area contributed by atoms with Gasteiger partial charge in [-0.1, -0.05) is 15.9 Å². The van der Waals surface area contributed by atoms with Gasteiger partial charge >= 0.3 is 0 Å². The van der Waals surface area contributed by atoms with E-state index in [9.17, 15) is 0 Å². The van der Waals surface area contributed by atoms with Crippen molar-refractivity contribution in [3.8, 4) is 11.5 Å². The van der Waals surface area contributed by atoms with Crippen LogP contribution in [0.3, 0.4) is 0 Å². The predicted molar refractivity (Wildman–Crippen MR) is 85.6 cm³/mol. The van der Waals surface area contributed by atoms with Gasteiger partial charge in [0.05, 0.1) is 18.6 Å². The van der Waals surface area contributed by atoms with E-state index >= 15 is 0 Å². The highest BCUT2D eigenvalue weighted by molar-refractivity contribution is 9.10. The summed E-state index contributed by atoms with van der Waals surface area (Å²) >= 11 is 10.2. The molecule has 0 amide bonds. The zero-order valence-corrected chi connectivity index (χ0v) is 14.3. The van der Waals surface area contributed by atoms with Crippen LogP contribution in [0.2, 0.25) is 0 Å². The SMILES string of the molecule is Cc1cc(C(Cl)c2cc3c(cc2Br)OCCCO3)c(C)o1. The summed E-state index contributed by atoms with van der Waals surface area (Å²) in [6.45, 7) is 5.17. The highest BCUT2D eigenvalue weighted by atomic mass is 79.9. The van der Waals surface area contributed by atoms with Crippen molar-refractivity contribution in [1.29, 1.82) is 0 Å². The lowest BCUT2D eigenvalue weighted by Crippen LogP contribution is -1.98. The van der Waals surface area contributed by atoms with E-state index in [2.05, 4.69) is 15.9 Å². The van der Waals surface area contributed by atoms with Gasteiger partial charge in [-0.3, -0.25) is 0 Å². The fourth-order valence-electron chi connectivity index (χ4n) is 2.46. The summed E-state index contributed by atoms with van der Waals surface area (Å²) in [5.41, 5.74) is 1.93.